The predicted molar refractivity (Wildman–Crippen MR) is 94.3 cm³/mol. The molecule has 0 bridgehead atoms. The number of methoxy groups -OCH3 is 1. The fourth-order valence-corrected chi connectivity index (χ4v) is 3.59. The Morgan fingerprint density at radius 1 is 1.35 bits per heavy atom. The van der Waals surface area contributed by atoms with Crippen molar-refractivity contribution in [3.8, 4) is 5.75 Å². The molecule has 0 amide bonds. The molecule has 23 heavy (non-hydrogen) atoms. The lowest BCUT2D eigenvalue weighted by molar-refractivity contribution is 0.314. The summed E-state index contributed by atoms with van der Waals surface area (Å²) in [6, 6.07) is 5.96. The first-order valence-electron chi connectivity index (χ1n) is 8.12. The molecule has 0 unspecified atom stereocenters. The zero-order valence-electron chi connectivity index (χ0n) is 14.8. The maximum atomic E-state index is 5.32. The van der Waals surface area contributed by atoms with Gasteiger partial charge in [-0.1, -0.05) is 6.92 Å². The number of likely N-dealkylation sites (tertiary alicyclic amines) is 1. The van der Waals surface area contributed by atoms with Crippen molar-refractivity contribution < 1.29 is 4.74 Å². The number of anilines is 1. The SMILES string of the molecule is COc1ccc2c(C)nc(N(C)C[C@]3(C)CCN(C)C3)nc2c1. The Kier molecular flexibility index (Phi) is 4.15. The van der Waals surface area contributed by atoms with Crippen molar-refractivity contribution in [1.82, 2.24) is 14.9 Å². The second-order valence-corrected chi connectivity index (χ2v) is 7.15. The molecule has 5 nitrogen and oxygen atoms in total. The highest BCUT2D eigenvalue weighted by Crippen LogP contribution is 2.31. The lowest BCUT2D eigenvalue weighted by Crippen LogP contribution is -2.36. The van der Waals surface area contributed by atoms with Gasteiger partial charge in [-0.3, -0.25) is 0 Å². The van der Waals surface area contributed by atoms with Gasteiger partial charge < -0.3 is 14.5 Å². The van der Waals surface area contributed by atoms with Gasteiger partial charge in [-0.2, -0.15) is 0 Å². The van der Waals surface area contributed by atoms with E-state index >= 15 is 0 Å². The Morgan fingerprint density at radius 2 is 2.13 bits per heavy atom. The minimum atomic E-state index is 0.296. The van der Waals surface area contributed by atoms with Crippen LogP contribution in [-0.4, -0.2) is 55.7 Å². The molecule has 2 heterocycles. The van der Waals surface area contributed by atoms with Crippen molar-refractivity contribution in [2.24, 2.45) is 5.41 Å². The van der Waals surface area contributed by atoms with Crippen molar-refractivity contribution in [2.75, 3.05) is 45.7 Å². The number of rotatable bonds is 4. The summed E-state index contributed by atoms with van der Waals surface area (Å²) in [6.07, 6.45) is 1.22. The average molecular weight is 314 g/mol. The van der Waals surface area contributed by atoms with Gasteiger partial charge in [0.2, 0.25) is 5.95 Å². The number of aryl methyl sites for hydroxylation is 1. The molecule has 0 radical (unpaired) electrons. The maximum absolute atomic E-state index is 5.32. The smallest absolute Gasteiger partial charge is 0.225 e. The summed E-state index contributed by atoms with van der Waals surface area (Å²) in [7, 11) is 5.96. The van der Waals surface area contributed by atoms with Crippen LogP contribution in [0.1, 0.15) is 19.0 Å². The topological polar surface area (TPSA) is 41.5 Å². The lowest BCUT2D eigenvalue weighted by atomic mass is 9.89. The number of hydrogen-bond donors (Lipinski definition) is 0. The zero-order chi connectivity index (χ0) is 16.6. The van der Waals surface area contributed by atoms with E-state index in [1.165, 1.54) is 13.0 Å². The van der Waals surface area contributed by atoms with Crippen molar-refractivity contribution >= 4 is 16.9 Å². The van der Waals surface area contributed by atoms with Crippen LogP contribution in [0.25, 0.3) is 10.9 Å². The molecule has 0 N–H and O–H groups in total. The first kappa shape index (κ1) is 16.0. The molecular weight excluding hydrogens is 288 g/mol. The van der Waals surface area contributed by atoms with E-state index in [9.17, 15) is 0 Å². The van der Waals surface area contributed by atoms with E-state index in [2.05, 4.69) is 30.8 Å². The van der Waals surface area contributed by atoms with Crippen molar-refractivity contribution in [3.05, 3.63) is 23.9 Å². The van der Waals surface area contributed by atoms with E-state index in [1.54, 1.807) is 7.11 Å². The highest BCUT2D eigenvalue weighted by atomic mass is 16.5. The normalized spacial score (nSPS) is 21.8. The second-order valence-electron chi connectivity index (χ2n) is 7.15. The van der Waals surface area contributed by atoms with Gasteiger partial charge in [-0.15, -0.1) is 0 Å². The first-order chi connectivity index (χ1) is 10.9. The standard InChI is InChI=1S/C18H26N4O/c1-13-15-7-6-14(23-5)10-16(15)20-17(19-13)22(4)12-18(2)8-9-21(3)11-18/h6-7,10H,8-9,11-12H2,1-5H3/t18-/m1/s1. The average Bonchev–Trinajstić information content (AvgIpc) is 2.85. The number of aromatic nitrogens is 2. The largest absolute Gasteiger partial charge is 0.497 e. The predicted octanol–water partition coefficient (Wildman–Crippen LogP) is 2.72. The Balaban J connectivity index is 1.89. The molecule has 124 valence electrons. The fraction of sp³-hybridized carbons (Fsp3) is 0.556. The van der Waals surface area contributed by atoms with Gasteiger partial charge in [-0.25, -0.2) is 9.97 Å². The Bertz CT molecular complexity index is 717. The molecule has 1 atom stereocenters. The van der Waals surface area contributed by atoms with E-state index in [-0.39, 0.29) is 0 Å². The van der Waals surface area contributed by atoms with E-state index < -0.39 is 0 Å². The van der Waals surface area contributed by atoms with E-state index in [0.717, 1.165) is 41.4 Å². The van der Waals surface area contributed by atoms with Crippen molar-refractivity contribution in [2.45, 2.75) is 20.3 Å². The molecule has 1 aliphatic heterocycles. The molecule has 1 saturated heterocycles. The molecule has 1 aromatic carbocycles. The molecule has 1 aromatic heterocycles. The van der Waals surface area contributed by atoms with Crippen LogP contribution in [0, 0.1) is 12.3 Å². The summed E-state index contributed by atoms with van der Waals surface area (Å²) in [5.74, 6) is 1.62. The summed E-state index contributed by atoms with van der Waals surface area (Å²) in [5.41, 5.74) is 2.24. The molecule has 1 fully saturated rings. The van der Waals surface area contributed by atoms with Crippen LogP contribution in [0.15, 0.2) is 18.2 Å². The number of benzene rings is 1. The summed E-state index contributed by atoms with van der Waals surface area (Å²) in [4.78, 5) is 14.0. The lowest BCUT2D eigenvalue weighted by Gasteiger charge is -2.30. The van der Waals surface area contributed by atoms with Crippen LogP contribution in [0.2, 0.25) is 0 Å². The highest BCUT2D eigenvalue weighted by Gasteiger charge is 2.33. The third kappa shape index (κ3) is 3.24. The van der Waals surface area contributed by atoms with E-state index in [1.807, 2.05) is 25.1 Å². The van der Waals surface area contributed by atoms with Gasteiger partial charge in [0, 0.05) is 31.6 Å². The Labute approximate surface area is 138 Å². The van der Waals surface area contributed by atoms with Crippen molar-refractivity contribution in [3.63, 3.8) is 0 Å². The number of fused-ring (bicyclic) bond motifs is 1. The molecule has 5 heteroatoms. The van der Waals surface area contributed by atoms with Gasteiger partial charge in [-0.05, 0) is 44.5 Å². The maximum Gasteiger partial charge on any atom is 0.225 e. The van der Waals surface area contributed by atoms with Gasteiger partial charge in [0.1, 0.15) is 5.75 Å². The van der Waals surface area contributed by atoms with Crippen LogP contribution in [-0.2, 0) is 0 Å². The molecule has 3 rings (SSSR count). The quantitative estimate of drug-likeness (QED) is 0.868. The summed E-state index contributed by atoms with van der Waals surface area (Å²) in [5, 5.41) is 1.08. The molecule has 2 aromatic rings. The van der Waals surface area contributed by atoms with Crippen molar-refractivity contribution in [1.29, 1.82) is 0 Å². The molecule has 1 aliphatic rings. The first-order valence-corrected chi connectivity index (χ1v) is 8.12. The Morgan fingerprint density at radius 3 is 2.78 bits per heavy atom. The summed E-state index contributed by atoms with van der Waals surface area (Å²) < 4.78 is 5.32. The van der Waals surface area contributed by atoms with Crippen LogP contribution < -0.4 is 9.64 Å². The van der Waals surface area contributed by atoms with E-state index in [0.29, 0.717) is 5.41 Å². The summed E-state index contributed by atoms with van der Waals surface area (Å²) in [6.45, 7) is 7.64. The molecular formula is C18H26N4O. The number of hydrogen-bond acceptors (Lipinski definition) is 5. The van der Waals surface area contributed by atoms with Gasteiger partial charge >= 0.3 is 0 Å². The summed E-state index contributed by atoms with van der Waals surface area (Å²) >= 11 is 0. The number of nitrogens with zero attached hydrogens (tertiary/aromatic N) is 4. The monoisotopic (exact) mass is 314 g/mol. The minimum absolute atomic E-state index is 0.296. The Hall–Kier alpha value is -1.88. The van der Waals surface area contributed by atoms with Gasteiger partial charge in [0.15, 0.2) is 0 Å². The van der Waals surface area contributed by atoms with Crippen LogP contribution in [0.3, 0.4) is 0 Å². The van der Waals surface area contributed by atoms with Crippen LogP contribution >= 0.6 is 0 Å². The third-order valence-electron chi connectivity index (χ3n) is 4.79. The fourth-order valence-electron chi connectivity index (χ4n) is 3.59. The second kappa shape index (κ2) is 5.96. The number of ether oxygens (including phenoxy) is 1. The van der Waals surface area contributed by atoms with E-state index in [4.69, 9.17) is 14.7 Å². The molecule has 0 saturated carbocycles. The van der Waals surface area contributed by atoms with Gasteiger partial charge in [0.05, 0.1) is 18.3 Å². The molecule has 0 aliphatic carbocycles. The van der Waals surface area contributed by atoms with Gasteiger partial charge in [0.25, 0.3) is 0 Å². The third-order valence-corrected chi connectivity index (χ3v) is 4.79. The van der Waals surface area contributed by atoms with Crippen LogP contribution in [0.4, 0.5) is 5.95 Å². The van der Waals surface area contributed by atoms with Crippen LogP contribution in [0.5, 0.6) is 5.75 Å². The minimum Gasteiger partial charge on any atom is -0.497 e. The highest BCUT2D eigenvalue weighted by molar-refractivity contribution is 5.83. The zero-order valence-corrected chi connectivity index (χ0v) is 14.8. The molecule has 0 spiro atoms.